The Morgan fingerprint density at radius 1 is 1.29 bits per heavy atom. The van der Waals surface area contributed by atoms with E-state index in [0.717, 1.165) is 24.1 Å². The molecule has 0 spiro atoms. The molecule has 2 atom stereocenters. The summed E-state index contributed by atoms with van der Waals surface area (Å²) in [6.45, 7) is 1.95. The summed E-state index contributed by atoms with van der Waals surface area (Å²) < 4.78 is 0. The molecule has 2 aliphatic rings. The highest BCUT2D eigenvalue weighted by atomic mass is 35.5. The Bertz CT molecular complexity index is 454. The van der Waals surface area contributed by atoms with Crippen LogP contribution in [0.2, 0.25) is 0 Å². The predicted octanol–water partition coefficient (Wildman–Crippen LogP) is 2.18. The Hall–Kier alpha value is -0.840. The van der Waals surface area contributed by atoms with Crippen molar-refractivity contribution in [3.63, 3.8) is 0 Å². The van der Waals surface area contributed by atoms with Gasteiger partial charge in [-0.15, -0.1) is 24.8 Å². The first-order valence-corrected chi connectivity index (χ1v) is 7.16. The Kier molecular flexibility index (Phi) is 6.91. The van der Waals surface area contributed by atoms with Crippen LogP contribution in [-0.4, -0.2) is 29.0 Å². The summed E-state index contributed by atoms with van der Waals surface area (Å²) in [5, 5.41) is 6.76. The Balaban J connectivity index is 0.00000110. The molecular formula is C15H23Cl2N3O. The number of hydrogen-bond acceptors (Lipinski definition) is 3. The molecule has 4 nitrogen and oxygen atoms in total. The summed E-state index contributed by atoms with van der Waals surface area (Å²) in [6.07, 6.45) is 6.91. The molecule has 3 heterocycles. The van der Waals surface area contributed by atoms with E-state index in [4.69, 9.17) is 0 Å². The van der Waals surface area contributed by atoms with Crippen LogP contribution in [0.4, 0.5) is 0 Å². The molecule has 118 valence electrons. The molecule has 6 heteroatoms. The van der Waals surface area contributed by atoms with Crippen LogP contribution in [0.1, 0.15) is 36.9 Å². The number of aromatic nitrogens is 1. The van der Waals surface area contributed by atoms with E-state index >= 15 is 0 Å². The fraction of sp³-hybridized carbons (Fsp3) is 0.600. The molecule has 3 rings (SSSR count). The van der Waals surface area contributed by atoms with Crippen LogP contribution in [0.3, 0.4) is 0 Å². The second-order valence-corrected chi connectivity index (χ2v) is 5.86. The highest BCUT2D eigenvalue weighted by Crippen LogP contribution is 2.26. The van der Waals surface area contributed by atoms with Gasteiger partial charge in [0.2, 0.25) is 5.91 Å². The van der Waals surface area contributed by atoms with Crippen LogP contribution in [0.15, 0.2) is 18.3 Å². The van der Waals surface area contributed by atoms with Gasteiger partial charge in [-0.05, 0) is 44.2 Å². The van der Waals surface area contributed by atoms with Gasteiger partial charge >= 0.3 is 0 Å². The minimum absolute atomic E-state index is 0. The predicted molar refractivity (Wildman–Crippen MR) is 88.3 cm³/mol. The van der Waals surface area contributed by atoms with E-state index in [1.165, 1.54) is 12.8 Å². The lowest BCUT2D eigenvalue weighted by atomic mass is 9.99. The monoisotopic (exact) mass is 331 g/mol. The van der Waals surface area contributed by atoms with Gasteiger partial charge in [-0.1, -0.05) is 6.07 Å². The van der Waals surface area contributed by atoms with Crippen molar-refractivity contribution in [3.05, 3.63) is 29.6 Å². The van der Waals surface area contributed by atoms with Gasteiger partial charge in [0.15, 0.2) is 0 Å². The zero-order valence-electron chi connectivity index (χ0n) is 12.2. The van der Waals surface area contributed by atoms with Crippen LogP contribution >= 0.6 is 24.8 Å². The minimum atomic E-state index is 0. The SMILES string of the molecule is Cc1ccc(CC(=O)NC2CC3CCC(C2)N3)cn1.Cl.Cl. The standard InChI is InChI=1S/C15H21N3O.2ClH/c1-10-2-3-11(9-16-10)6-15(19)18-14-7-12-4-5-13(8-14)17-12;;/h2-3,9,12-14,17H,4-8H2,1H3,(H,18,19);2*1H. The first-order chi connectivity index (χ1) is 9.19. The van der Waals surface area contributed by atoms with Gasteiger partial charge in [0.1, 0.15) is 0 Å². The normalized spacial score (nSPS) is 26.4. The molecule has 21 heavy (non-hydrogen) atoms. The van der Waals surface area contributed by atoms with E-state index in [1.807, 2.05) is 19.1 Å². The molecule has 1 aromatic rings. The van der Waals surface area contributed by atoms with Crippen LogP contribution in [0.25, 0.3) is 0 Å². The van der Waals surface area contributed by atoms with Crippen molar-refractivity contribution in [2.45, 2.75) is 57.2 Å². The number of piperidine rings is 1. The fourth-order valence-corrected chi connectivity index (χ4v) is 3.24. The molecular weight excluding hydrogens is 309 g/mol. The number of fused-ring (bicyclic) bond motifs is 2. The molecule has 2 N–H and O–H groups in total. The van der Waals surface area contributed by atoms with E-state index in [2.05, 4.69) is 15.6 Å². The third-order valence-electron chi connectivity index (χ3n) is 4.18. The molecule has 1 aromatic heterocycles. The van der Waals surface area contributed by atoms with Gasteiger partial charge in [0.05, 0.1) is 6.42 Å². The number of nitrogens with one attached hydrogen (secondary N) is 2. The topological polar surface area (TPSA) is 54.0 Å². The number of pyridine rings is 1. The number of carbonyl (C=O) groups is 1. The lowest BCUT2D eigenvalue weighted by Crippen LogP contribution is -2.48. The minimum Gasteiger partial charge on any atom is -0.353 e. The van der Waals surface area contributed by atoms with E-state index in [0.29, 0.717) is 24.5 Å². The summed E-state index contributed by atoms with van der Waals surface area (Å²) in [4.78, 5) is 16.3. The number of halogens is 2. The van der Waals surface area contributed by atoms with Crippen LogP contribution in [0.5, 0.6) is 0 Å². The molecule has 0 aromatic carbocycles. The van der Waals surface area contributed by atoms with E-state index in [1.54, 1.807) is 6.20 Å². The van der Waals surface area contributed by atoms with Crippen molar-refractivity contribution in [1.82, 2.24) is 15.6 Å². The van der Waals surface area contributed by atoms with Crippen molar-refractivity contribution < 1.29 is 4.79 Å². The third kappa shape index (κ3) is 4.83. The van der Waals surface area contributed by atoms with Gasteiger partial charge in [-0.3, -0.25) is 9.78 Å². The first-order valence-electron chi connectivity index (χ1n) is 7.16. The number of amides is 1. The molecule has 2 saturated heterocycles. The molecule has 0 radical (unpaired) electrons. The van der Waals surface area contributed by atoms with Gasteiger partial charge in [0, 0.05) is 30.0 Å². The number of nitrogens with zero attached hydrogens (tertiary/aromatic N) is 1. The fourth-order valence-electron chi connectivity index (χ4n) is 3.24. The van der Waals surface area contributed by atoms with E-state index in [9.17, 15) is 4.79 Å². The largest absolute Gasteiger partial charge is 0.353 e. The first kappa shape index (κ1) is 18.2. The molecule has 2 unspecified atom stereocenters. The van der Waals surface area contributed by atoms with Crippen LogP contribution in [-0.2, 0) is 11.2 Å². The maximum atomic E-state index is 12.0. The lowest BCUT2D eigenvalue weighted by Gasteiger charge is -2.29. The van der Waals surface area contributed by atoms with Gasteiger partial charge in [-0.2, -0.15) is 0 Å². The summed E-state index contributed by atoms with van der Waals surface area (Å²) in [7, 11) is 0. The molecule has 2 fully saturated rings. The zero-order chi connectivity index (χ0) is 13.2. The number of hydrogen-bond donors (Lipinski definition) is 2. The van der Waals surface area contributed by atoms with Crippen LogP contribution in [0, 0.1) is 6.92 Å². The third-order valence-corrected chi connectivity index (χ3v) is 4.18. The summed E-state index contributed by atoms with van der Waals surface area (Å²) >= 11 is 0. The second-order valence-electron chi connectivity index (χ2n) is 5.86. The van der Waals surface area contributed by atoms with Crippen molar-refractivity contribution in [3.8, 4) is 0 Å². The Morgan fingerprint density at radius 2 is 1.95 bits per heavy atom. The van der Waals surface area contributed by atoms with Crippen molar-refractivity contribution >= 4 is 30.7 Å². The van der Waals surface area contributed by atoms with Crippen molar-refractivity contribution in [1.29, 1.82) is 0 Å². The average Bonchev–Trinajstić information content (AvgIpc) is 2.72. The molecule has 0 aliphatic carbocycles. The lowest BCUT2D eigenvalue weighted by molar-refractivity contribution is -0.121. The summed E-state index contributed by atoms with van der Waals surface area (Å²) in [6, 6.07) is 5.52. The maximum absolute atomic E-state index is 12.0. The van der Waals surface area contributed by atoms with E-state index < -0.39 is 0 Å². The van der Waals surface area contributed by atoms with Gasteiger partial charge in [0.25, 0.3) is 0 Å². The second kappa shape index (κ2) is 7.97. The average molecular weight is 332 g/mol. The number of aryl methyl sites for hydroxylation is 1. The quantitative estimate of drug-likeness (QED) is 0.892. The van der Waals surface area contributed by atoms with Crippen molar-refractivity contribution in [2.75, 3.05) is 0 Å². The maximum Gasteiger partial charge on any atom is 0.224 e. The molecule has 2 bridgehead atoms. The van der Waals surface area contributed by atoms with Gasteiger partial charge in [-0.25, -0.2) is 0 Å². The smallest absolute Gasteiger partial charge is 0.224 e. The highest BCUT2D eigenvalue weighted by Gasteiger charge is 2.33. The Morgan fingerprint density at radius 3 is 2.52 bits per heavy atom. The summed E-state index contributed by atoms with van der Waals surface area (Å²) in [5.41, 5.74) is 1.97. The molecule has 1 amide bonds. The van der Waals surface area contributed by atoms with E-state index in [-0.39, 0.29) is 30.7 Å². The molecule has 2 aliphatic heterocycles. The van der Waals surface area contributed by atoms with Crippen LogP contribution < -0.4 is 10.6 Å². The number of rotatable bonds is 3. The van der Waals surface area contributed by atoms with Crippen molar-refractivity contribution in [2.24, 2.45) is 0 Å². The molecule has 0 saturated carbocycles. The highest BCUT2D eigenvalue weighted by molar-refractivity contribution is 5.85. The Labute approximate surface area is 138 Å². The summed E-state index contributed by atoms with van der Waals surface area (Å²) in [5.74, 6) is 0.122. The van der Waals surface area contributed by atoms with Gasteiger partial charge < -0.3 is 10.6 Å². The zero-order valence-corrected chi connectivity index (χ0v) is 13.8. The number of carbonyl (C=O) groups excluding carboxylic acids is 1.